The van der Waals surface area contributed by atoms with Crippen LogP contribution in [-0.4, -0.2) is 35.1 Å². The lowest BCUT2D eigenvalue weighted by atomic mass is 10.2. The molecule has 0 radical (unpaired) electrons. The summed E-state index contributed by atoms with van der Waals surface area (Å²) in [6, 6.07) is -0.553. The van der Waals surface area contributed by atoms with Crippen molar-refractivity contribution in [2.24, 2.45) is 0 Å². The van der Waals surface area contributed by atoms with E-state index >= 15 is 0 Å². The maximum Gasteiger partial charge on any atom is 0.255 e. The predicted molar refractivity (Wildman–Crippen MR) is 49.6 cm³/mol. The second kappa shape index (κ2) is 4.40. The molecule has 2 amide bonds. The zero-order valence-electron chi connectivity index (χ0n) is 8.00. The Morgan fingerprint density at radius 3 is 2.79 bits per heavy atom. The number of amides is 2. The van der Waals surface area contributed by atoms with E-state index in [2.05, 4.69) is 20.8 Å². The van der Waals surface area contributed by atoms with Gasteiger partial charge in [-0.2, -0.15) is 5.10 Å². The van der Waals surface area contributed by atoms with E-state index in [0.717, 1.165) is 0 Å². The van der Waals surface area contributed by atoms with Crippen LogP contribution in [0.25, 0.3) is 0 Å². The molecule has 6 nitrogen and oxygen atoms in total. The van der Waals surface area contributed by atoms with Gasteiger partial charge in [0.15, 0.2) is 0 Å². The smallest absolute Gasteiger partial charge is 0.255 e. The summed E-state index contributed by atoms with van der Waals surface area (Å²) in [6.45, 7) is 1.61. The number of likely N-dealkylation sites (N-methyl/N-ethyl adjacent to an activating group) is 1. The van der Waals surface area contributed by atoms with Crippen LogP contribution in [0.3, 0.4) is 0 Å². The average Bonchev–Trinajstić information content (AvgIpc) is 2.69. The molecule has 1 aromatic rings. The van der Waals surface area contributed by atoms with Gasteiger partial charge < -0.3 is 10.6 Å². The van der Waals surface area contributed by atoms with E-state index in [9.17, 15) is 9.59 Å². The normalized spacial score (nSPS) is 11.9. The number of rotatable bonds is 3. The number of hydrogen-bond donors (Lipinski definition) is 3. The van der Waals surface area contributed by atoms with Crippen molar-refractivity contribution in [1.82, 2.24) is 20.8 Å². The van der Waals surface area contributed by atoms with Crippen LogP contribution < -0.4 is 10.6 Å². The molecule has 0 aliphatic rings. The second-order valence-corrected chi connectivity index (χ2v) is 2.80. The summed E-state index contributed by atoms with van der Waals surface area (Å²) < 4.78 is 0. The average molecular weight is 196 g/mol. The van der Waals surface area contributed by atoms with Crippen LogP contribution in [0, 0.1) is 0 Å². The van der Waals surface area contributed by atoms with Crippen molar-refractivity contribution in [3.63, 3.8) is 0 Å². The van der Waals surface area contributed by atoms with Crippen LogP contribution in [0.4, 0.5) is 0 Å². The number of carbonyl (C=O) groups is 2. The van der Waals surface area contributed by atoms with Gasteiger partial charge in [0.25, 0.3) is 5.91 Å². The van der Waals surface area contributed by atoms with E-state index in [1.54, 1.807) is 6.92 Å². The molecule has 1 heterocycles. The van der Waals surface area contributed by atoms with E-state index in [-0.39, 0.29) is 11.8 Å². The van der Waals surface area contributed by atoms with Crippen molar-refractivity contribution in [2.45, 2.75) is 13.0 Å². The Bertz CT molecular complexity index is 320. The van der Waals surface area contributed by atoms with E-state index in [1.165, 1.54) is 19.4 Å². The maximum absolute atomic E-state index is 11.4. The molecule has 1 rings (SSSR count). The molecule has 1 atom stereocenters. The SMILES string of the molecule is CNC(=O)C(C)NC(=O)c1cn[nH]c1. The van der Waals surface area contributed by atoms with Gasteiger partial charge in [0.05, 0.1) is 11.8 Å². The summed E-state index contributed by atoms with van der Waals surface area (Å²) in [4.78, 5) is 22.5. The molecular weight excluding hydrogens is 184 g/mol. The number of aromatic nitrogens is 2. The van der Waals surface area contributed by atoms with Gasteiger partial charge in [-0.25, -0.2) is 0 Å². The third kappa shape index (κ3) is 2.32. The van der Waals surface area contributed by atoms with Crippen molar-refractivity contribution >= 4 is 11.8 Å². The first kappa shape index (κ1) is 10.2. The summed E-state index contributed by atoms with van der Waals surface area (Å²) in [5, 5.41) is 11.1. The third-order valence-electron chi connectivity index (χ3n) is 1.75. The largest absolute Gasteiger partial charge is 0.357 e. The molecule has 0 saturated heterocycles. The fraction of sp³-hybridized carbons (Fsp3) is 0.375. The number of nitrogens with one attached hydrogen (secondary N) is 3. The summed E-state index contributed by atoms with van der Waals surface area (Å²) in [5.41, 5.74) is 0.403. The molecule has 0 saturated carbocycles. The Hall–Kier alpha value is -1.85. The fourth-order valence-electron chi connectivity index (χ4n) is 0.937. The first-order chi connectivity index (χ1) is 6.65. The van der Waals surface area contributed by atoms with Crippen molar-refractivity contribution < 1.29 is 9.59 Å². The standard InChI is InChI=1S/C8H12N4O2/c1-5(7(13)9-2)12-8(14)6-3-10-11-4-6/h3-5H,1-2H3,(H,9,13)(H,10,11)(H,12,14). The number of nitrogens with zero attached hydrogens (tertiary/aromatic N) is 1. The van der Waals surface area contributed by atoms with Crippen LogP contribution >= 0.6 is 0 Å². The van der Waals surface area contributed by atoms with Crippen molar-refractivity contribution in [3.05, 3.63) is 18.0 Å². The summed E-state index contributed by atoms with van der Waals surface area (Å²) >= 11 is 0. The minimum absolute atomic E-state index is 0.234. The number of H-pyrrole nitrogens is 1. The molecule has 1 aromatic heterocycles. The number of carbonyl (C=O) groups excluding carboxylic acids is 2. The van der Waals surface area contributed by atoms with Crippen molar-refractivity contribution in [2.75, 3.05) is 7.05 Å². The van der Waals surface area contributed by atoms with Crippen molar-refractivity contribution in [1.29, 1.82) is 0 Å². The Labute approximate surface area is 81.1 Å². The van der Waals surface area contributed by atoms with Gasteiger partial charge >= 0.3 is 0 Å². The second-order valence-electron chi connectivity index (χ2n) is 2.80. The zero-order chi connectivity index (χ0) is 10.6. The van der Waals surface area contributed by atoms with Crippen LogP contribution in [0.2, 0.25) is 0 Å². The maximum atomic E-state index is 11.4. The summed E-state index contributed by atoms with van der Waals surface area (Å²) in [5.74, 6) is -0.559. The molecular formula is C8H12N4O2. The summed E-state index contributed by atoms with van der Waals surface area (Å²) in [6.07, 6.45) is 2.86. The van der Waals surface area contributed by atoms with Gasteiger partial charge in [-0.15, -0.1) is 0 Å². The van der Waals surface area contributed by atoms with E-state index in [1.807, 2.05) is 0 Å². The molecule has 3 N–H and O–H groups in total. The van der Waals surface area contributed by atoms with Gasteiger partial charge in [0.2, 0.25) is 5.91 Å². The molecule has 1 unspecified atom stereocenters. The molecule has 14 heavy (non-hydrogen) atoms. The highest BCUT2D eigenvalue weighted by atomic mass is 16.2. The van der Waals surface area contributed by atoms with Crippen LogP contribution in [0.1, 0.15) is 17.3 Å². The Morgan fingerprint density at radius 2 is 2.29 bits per heavy atom. The molecule has 0 fully saturated rings. The number of aromatic amines is 1. The first-order valence-electron chi connectivity index (χ1n) is 4.16. The van der Waals surface area contributed by atoms with Gasteiger partial charge in [0.1, 0.15) is 6.04 Å². The fourth-order valence-corrected chi connectivity index (χ4v) is 0.937. The molecule has 6 heteroatoms. The lowest BCUT2D eigenvalue weighted by molar-refractivity contribution is -0.122. The Morgan fingerprint density at radius 1 is 1.57 bits per heavy atom. The molecule has 0 aliphatic carbocycles. The van der Waals surface area contributed by atoms with Crippen LogP contribution in [0.5, 0.6) is 0 Å². The molecule has 0 aromatic carbocycles. The highest BCUT2D eigenvalue weighted by molar-refractivity contribution is 5.96. The molecule has 0 spiro atoms. The van der Waals surface area contributed by atoms with Crippen LogP contribution in [0.15, 0.2) is 12.4 Å². The van der Waals surface area contributed by atoms with E-state index in [4.69, 9.17) is 0 Å². The van der Waals surface area contributed by atoms with E-state index < -0.39 is 6.04 Å². The van der Waals surface area contributed by atoms with Crippen LogP contribution in [-0.2, 0) is 4.79 Å². The highest BCUT2D eigenvalue weighted by Crippen LogP contribution is 1.94. The summed E-state index contributed by atoms with van der Waals surface area (Å²) in [7, 11) is 1.52. The monoisotopic (exact) mass is 196 g/mol. The van der Waals surface area contributed by atoms with Crippen molar-refractivity contribution in [3.8, 4) is 0 Å². The molecule has 0 aliphatic heterocycles. The predicted octanol–water partition coefficient (Wildman–Crippen LogP) is -0.726. The lowest BCUT2D eigenvalue weighted by Gasteiger charge is -2.10. The topological polar surface area (TPSA) is 86.9 Å². The lowest BCUT2D eigenvalue weighted by Crippen LogP contribution is -2.43. The van der Waals surface area contributed by atoms with E-state index in [0.29, 0.717) is 5.56 Å². The minimum atomic E-state index is -0.553. The molecule has 0 bridgehead atoms. The van der Waals surface area contributed by atoms with Gasteiger partial charge in [0, 0.05) is 13.2 Å². The third-order valence-corrected chi connectivity index (χ3v) is 1.75. The minimum Gasteiger partial charge on any atom is -0.357 e. The molecule has 76 valence electrons. The Kier molecular flexibility index (Phi) is 3.22. The number of hydrogen-bond acceptors (Lipinski definition) is 3. The van der Waals surface area contributed by atoms with Gasteiger partial charge in [-0.3, -0.25) is 14.7 Å². The zero-order valence-corrected chi connectivity index (χ0v) is 8.00. The highest BCUT2D eigenvalue weighted by Gasteiger charge is 2.15. The Balaban J connectivity index is 2.53. The first-order valence-corrected chi connectivity index (χ1v) is 4.16. The van der Waals surface area contributed by atoms with Gasteiger partial charge in [-0.05, 0) is 6.92 Å². The quantitative estimate of drug-likeness (QED) is 0.596. The van der Waals surface area contributed by atoms with Gasteiger partial charge in [-0.1, -0.05) is 0 Å².